The summed E-state index contributed by atoms with van der Waals surface area (Å²) in [5, 5.41) is 9.82. The number of aliphatic hydroxyl groups excluding tert-OH is 1. The highest BCUT2D eigenvalue weighted by molar-refractivity contribution is 7.47. The van der Waals surface area contributed by atoms with Crippen LogP contribution < -0.4 is 0 Å². The van der Waals surface area contributed by atoms with Gasteiger partial charge in [-0.1, -0.05) is 213 Å². The van der Waals surface area contributed by atoms with E-state index in [2.05, 4.69) is 118 Å². The molecule has 0 aromatic heterocycles. The lowest BCUT2D eigenvalue weighted by Crippen LogP contribution is -2.30. The molecule has 11 nitrogen and oxygen atoms in total. The summed E-state index contributed by atoms with van der Waals surface area (Å²) in [4.78, 5) is 48.5. The number of carbonyl (C=O) groups excluding carboxylic acids is 3. The first kappa shape index (κ1) is 71.9. The van der Waals surface area contributed by atoms with Gasteiger partial charge in [0.1, 0.15) is 12.7 Å². The SMILES string of the molecule is CC/C=C\C/C=C\C/C=C\C/C=C\C/C=C\CC(=O)OC(COC(=O)CCCCCCCC/C=C\C/C=C\C/C=C\CCCCC)COP(=O)(O)OCC(CO)OC(=O)CCCCCCC/C=C\C/C=C\CCCCC. The maximum absolute atomic E-state index is 12.9. The molecule has 0 amide bonds. The number of ether oxygens (including phenoxy) is 3. The smallest absolute Gasteiger partial charge is 0.462 e. The fourth-order valence-electron chi connectivity index (χ4n) is 7.41. The number of phosphoric ester groups is 1. The van der Waals surface area contributed by atoms with Crippen LogP contribution in [-0.4, -0.2) is 66.5 Å². The Morgan fingerprint density at radius 1 is 0.395 bits per heavy atom. The minimum Gasteiger partial charge on any atom is -0.462 e. The van der Waals surface area contributed by atoms with Crippen LogP contribution in [0.2, 0.25) is 0 Å². The van der Waals surface area contributed by atoms with E-state index in [0.29, 0.717) is 19.3 Å². The van der Waals surface area contributed by atoms with Crippen molar-refractivity contribution in [2.24, 2.45) is 0 Å². The van der Waals surface area contributed by atoms with Crippen molar-refractivity contribution in [3.8, 4) is 0 Å². The van der Waals surface area contributed by atoms with E-state index in [-0.39, 0.29) is 25.9 Å². The second-order valence-electron chi connectivity index (χ2n) is 19.1. The lowest BCUT2D eigenvalue weighted by atomic mass is 10.1. The van der Waals surface area contributed by atoms with Crippen molar-refractivity contribution < 1.29 is 52.2 Å². The van der Waals surface area contributed by atoms with Crippen molar-refractivity contribution in [1.29, 1.82) is 0 Å². The average molecular weight is 1080 g/mol. The van der Waals surface area contributed by atoms with E-state index in [1.165, 1.54) is 44.9 Å². The molecule has 0 heterocycles. The van der Waals surface area contributed by atoms with Crippen molar-refractivity contribution in [2.75, 3.05) is 26.4 Å². The summed E-state index contributed by atoms with van der Waals surface area (Å²) in [6.07, 6.45) is 70.4. The van der Waals surface area contributed by atoms with Gasteiger partial charge in [-0.25, -0.2) is 4.57 Å². The van der Waals surface area contributed by atoms with E-state index in [9.17, 15) is 28.9 Å². The summed E-state index contributed by atoms with van der Waals surface area (Å²) in [5.41, 5.74) is 0. The predicted octanol–water partition coefficient (Wildman–Crippen LogP) is 17.6. The molecule has 0 saturated heterocycles. The van der Waals surface area contributed by atoms with E-state index in [1.807, 2.05) is 18.2 Å². The van der Waals surface area contributed by atoms with E-state index in [0.717, 1.165) is 122 Å². The molecule has 0 fully saturated rings. The highest BCUT2D eigenvalue weighted by atomic mass is 31.2. The Morgan fingerprint density at radius 2 is 0.737 bits per heavy atom. The Bertz CT molecular complexity index is 1740. The Morgan fingerprint density at radius 3 is 1.16 bits per heavy atom. The lowest BCUT2D eigenvalue weighted by molar-refractivity contribution is -0.160. The third-order valence-electron chi connectivity index (χ3n) is 11.9. The zero-order chi connectivity index (χ0) is 55.5. The largest absolute Gasteiger partial charge is 0.472 e. The van der Waals surface area contributed by atoms with E-state index in [1.54, 1.807) is 6.08 Å². The molecule has 12 heteroatoms. The van der Waals surface area contributed by atoms with Gasteiger partial charge in [0.25, 0.3) is 0 Å². The molecule has 2 N–H and O–H groups in total. The summed E-state index contributed by atoms with van der Waals surface area (Å²) < 4.78 is 39.4. The molecule has 0 spiro atoms. The quantitative estimate of drug-likeness (QED) is 0.0197. The summed E-state index contributed by atoms with van der Waals surface area (Å²) in [5.74, 6) is -1.66. The van der Waals surface area contributed by atoms with Gasteiger partial charge in [-0.3, -0.25) is 23.4 Å². The minimum absolute atomic E-state index is 0.0744. The summed E-state index contributed by atoms with van der Waals surface area (Å²) in [6, 6.07) is 0. The number of phosphoric acid groups is 1. The monoisotopic (exact) mass is 1080 g/mol. The van der Waals surface area contributed by atoms with Crippen LogP contribution in [0, 0.1) is 0 Å². The highest BCUT2D eigenvalue weighted by Gasteiger charge is 2.28. The Balaban J connectivity index is 4.85. The van der Waals surface area contributed by atoms with Gasteiger partial charge in [0, 0.05) is 12.8 Å². The fourth-order valence-corrected chi connectivity index (χ4v) is 8.19. The van der Waals surface area contributed by atoms with Gasteiger partial charge in [0.05, 0.1) is 26.2 Å². The molecular weight excluding hydrogens is 976 g/mol. The van der Waals surface area contributed by atoms with Crippen LogP contribution >= 0.6 is 7.82 Å². The van der Waals surface area contributed by atoms with Gasteiger partial charge in [-0.05, 0) is 116 Å². The third-order valence-corrected chi connectivity index (χ3v) is 12.8. The summed E-state index contributed by atoms with van der Waals surface area (Å²) in [6.45, 7) is 4.32. The van der Waals surface area contributed by atoms with Gasteiger partial charge in [-0.2, -0.15) is 0 Å². The van der Waals surface area contributed by atoms with Crippen LogP contribution in [0.15, 0.2) is 122 Å². The normalized spacial score (nSPS) is 14.2. The van der Waals surface area contributed by atoms with Gasteiger partial charge in [-0.15, -0.1) is 0 Å². The van der Waals surface area contributed by atoms with Crippen molar-refractivity contribution in [3.05, 3.63) is 122 Å². The molecule has 3 unspecified atom stereocenters. The number of hydrogen-bond donors (Lipinski definition) is 2. The van der Waals surface area contributed by atoms with E-state index < -0.39 is 57.8 Å². The molecule has 0 saturated carbocycles. The molecular formula is C64H105O11P. The molecule has 0 bridgehead atoms. The molecule has 0 aliphatic carbocycles. The molecule has 0 aliphatic heterocycles. The topological polar surface area (TPSA) is 155 Å². The third kappa shape index (κ3) is 54.7. The van der Waals surface area contributed by atoms with Gasteiger partial charge in [0.15, 0.2) is 6.10 Å². The van der Waals surface area contributed by atoms with Gasteiger partial charge in [0.2, 0.25) is 0 Å². The number of rotatable bonds is 53. The second kappa shape index (κ2) is 57.1. The Labute approximate surface area is 462 Å². The average Bonchev–Trinajstić information content (AvgIpc) is 3.41. The van der Waals surface area contributed by atoms with Crippen LogP contribution in [0.1, 0.15) is 226 Å². The van der Waals surface area contributed by atoms with Crippen molar-refractivity contribution in [1.82, 2.24) is 0 Å². The first-order chi connectivity index (χ1) is 37.2. The number of allylic oxidation sites excluding steroid dienone is 19. The van der Waals surface area contributed by atoms with Crippen LogP contribution in [-0.2, 0) is 42.2 Å². The van der Waals surface area contributed by atoms with E-state index in [4.69, 9.17) is 23.3 Å². The molecule has 3 atom stereocenters. The number of unbranched alkanes of at least 4 members (excludes halogenated alkanes) is 17. The molecule has 432 valence electrons. The van der Waals surface area contributed by atoms with Crippen molar-refractivity contribution in [2.45, 2.75) is 238 Å². The Hall–Kier alpha value is -4.12. The Kier molecular flexibility index (Phi) is 54.0. The zero-order valence-corrected chi connectivity index (χ0v) is 48.6. The van der Waals surface area contributed by atoms with E-state index >= 15 is 0 Å². The zero-order valence-electron chi connectivity index (χ0n) is 47.7. The first-order valence-corrected chi connectivity index (χ1v) is 30.9. The second-order valence-corrected chi connectivity index (χ2v) is 20.5. The van der Waals surface area contributed by atoms with Gasteiger partial charge < -0.3 is 24.2 Å². The van der Waals surface area contributed by atoms with Gasteiger partial charge >= 0.3 is 25.7 Å². The van der Waals surface area contributed by atoms with Crippen LogP contribution in [0.25, 0.3) is 0 Å². The predicted molar refractivity (Wildman–Crippen MR) is 316 cm³/mol. The number of carbonyl (C=O) groups is 3. The number of aliphatic hydroxyl groups is 1. The molecule has 0 aromatic rings. The molecule has 0 rings (SSSR count). The lowest BCUT2D eigenvalue weighted by Gasteiger charge is -2.21. The summed E-state index contributed by atoms with van der Waals surface area (Å²) in [7, 11) is -4.79. The van der Waals surface area contributed by atoms with Crippen LogP contribution in [0.4, 0.5) is 0 Å². The number of hydrogen-bond acceptors (Lipinski definition) is 10. The maximum atomic E-state index is 12.9. The van der Waals surface area contributed by atoms with Crippen molar-refractivity contribution >= 4 is 25.7 Å². The number of esters is 3. The first-order valence-electron chi connectivity index (χ1n) is 29.4. The van der Waals surface area contributed by atoms with Crippen LogP contribution in [0.5, 0.6) is 0 Å². The fraction of sp³-hybridized carbons (Fsp3) is 0.641. The van der Waals surface area contributed by atoms with Crippen molar-refractivity contribution in [3.63, 3.8) is 0 Å². The standard InChI is InChI=1S/C64H105O11P/c1-4-7-10-13-16-19-22-25-28-29-30-31-34-35-38-41-44-47-50-53-62(66)71-57-61(75-64(68)55-52-49-46-43-40-37-33-27-24-21-18-15-12-9-6-3)59-73-76(69,70)72-58-60(56-65)74-63(67)54-51-48-45-42-39-36-32-26-23-20-17-14-11-8-5-2/h9,12,16-21,25-28,30-33,40,43,49,52,60-61,65H,4-8,10-11,13-15,22-24,29,34-39,41-42,44-48,50-51,53-59H2,1-3H3,(H,69,70)/b12-9-,19-16-,20-17-,21-18-,28-25-,31-30-,32-26-,33-27-,43-40-,52-49-. The highest BCUT2D eigenvalue weighted by Crippen LogP contribution is 2.43. The van der Waals surface area contributed by atoms with Crippen LogP contribution in [0.3, 0.4) is 0 Å². The molecule has 0 aliphatic rings. The summed E-state index contributed by atoms with van der Waals surface area (Å²) >= 11 is 0. The molecule has 0 radical (unpaired) electrons. The maximum Gasteiger partial charge on any atom is 0.472 e. The minimum atomic E-state index is -4.79. The molecule has 76 heavy (non-hydrogen) atoms. The molecule has 0 aromatic carbocycles.